The summed E-state index contributed by atoms with van der Waals surface area (Å²) in [4.78, 5) is 25.3. The third-order valence-electron chi connectivity index (χ3n) is 3.36. The van der Waals surface area contributed by atoms with E-state index in [-0.39, 0.29) is 18.7 Å². The summed E-state index contributed by atoms with van der Waals surface area (Å²) < 4.78 is 39.5. The Morgan fingerprint density at radius 1 is 1.41 bits per heavy atom. The fraction of sp³-hybridized carbons (Fsp3) is 0.429. The molecule has 1 aliphatic heterocycles. The van der Waals surface area contributed by atoms with Crippen molar-refractivity contribution in [3.63, 3.8) is 0 Å². The highest BCUT2D eigenvalue weighted by Crippen LogP contribution is 2.36. The van der Waals surface area contributed by atoms with Crippen LogP contribution in [0.25, 0.3) is 0 Å². The summed E-state index contributed by atoms with van der Waals surface area (Å²) in [6.45, 7) is 2.38. The summed E-state index contributed by atoms with van der Waals surface area (Å²) in [5, 5.41) is 5.03. The molecule has 2 N–H and O–H groups in total. The summed E-state index contributed by atoms with van der Waals surface area (Å²) in [6.07, 6.45) is -4.60. The van der Waals surface area contributed by atoms with Crippen molar-refractivity contribution in [3.8, 4) is 0 Å². The maximum absolute atomic E-state index is 13.2. The van der Waals surface area contributed by atoms with Gasteiger partial charge in [-0.1, -0.05) is 18.2 Å². The van der Waals surface area contributed by atoms with Crippen molar-refractivity contribution < 1.29 is 22.8 Å². The predicted molar refractivity (Wildman–Crippen MR) is 73.0 cm³/mol. The van der Waals surface area contributed by atoms with Gasteiger partial charge >= 0.3 is 12.2 Å². The van der Waals surface area contributed by atoms with E-state index in [9.17, 15) is 22.8 Å². The Morgan fingerprint density at radius 3 is 2.73 bits per heavy atom. The third-order valence-corrected chi connectivity index (χ3v) is 3.36. The Balaban J connectivity index is 2.46. The number of halogens is 3. The lowest BCUT2D eigenvalue weighted by Crippen LogP contribution is -2.55. The average molecular weight is 315 g/mol. The molecule has 0 bridgehead atoms. The van der Waals surface area contributed by atoms with E-state index in [1.165, 1.54) is 18.2 Å². The second-order valence-corrected chi connectivity index (χ2v) is 4.81. The van der Waals surface area contributed by atoms with Gasteiger partial charge in [0.2, 0.25) is 5.91 Å². The smallest absolute Gasteiger partial charge is 0.352 e. The van der Waals surface area contributed by atoms with E-state index < -0.39 is 29.7 Å². The number of nitrogens with zero attached hydrogens (tertiary/aromatic N) is 1. The highest BCUT2D eigenvalue weighted by atomic mass is 19.4. The van der Waals surface area contributed by atoms with E-state index in [4.69, 9.17) is 0 Å². The van der Waals surface area contributed by atoms with Crippen molar-refractivity contribution in [2.24, 2.45) is 0 Å². The number of carbonyl (C=O) groups is 2. The fourth-order valence-electron chi connectivity index (χ4n) is 2.44. The zero-order valence-electron chi connectivity index (χ0n) is 11.9. The molecule has 1 fully saturated rings. The number of nitrogens with one attached hydrogen (secondary N) is 2. The first kappa shape index (κ1) is 16.1. The Bertz CT molecular complexity index is 575. The van der Waals surface area contributed by atoms with Crippen LogP contribution in [-0.4, -0.2) is 36.5 Å². The van der Waals surface area contributed by atoms with Crippen molar-refractivity contribution >= 4 is 11.9 Å². The van der Waals surface area contributed by atoms with Gasteiger partial charge in [0.25, 0.3) is 0 Å². The molecule has 1 heterocycles. The number of piperazine rings is 1. The molecule has 120 valence electrons. The van der Waals surface area contributed by atoms with Gasteiger partial charge in [0, 0.05) is 19.6 Å². The van der Waals surface area contributed by atoms with Gasteiger partial charge in [0.05, 0.1) is 5.56 Å². The molecule has 1 aliphatic rings. The van der Waals surface area contributed by atoms with E-state index >= 15 is 0 Å². The van der Waals surface area contributed by atoms with E-state index in [1.54, 1.807) is 6.92 Å². The topological polar surface area (TPSA) is 61.4 Å². The quantitative estimate of drug-likeness (QED) is 0.876. The van der Waals surface area contributed by atoms with Gasteiger partial charge in [-0.25, -0.2) is 4.79 Å². The minimum Gasteiger partial charge on any atom is -0.352 e. The molecule has 0 saturated carbocycles. The minimum atomic E-state index is -4.60. The van der Waals surface area contributed by atoms with Crippen LogP contribution in [0, 0.1) is 0 Å². The lowest BCUT2D eigenvalue weighted by molar-refractivity contribution is -0.139. The van der Waals surface area contributed by atoms with Crippen molar-refractivity contribution in [1.29, 1.82) is 0 Å². The molecule has 1 aromatic carbocycles. The maximum atomic E-state index is 13.2. The van der Waals surface area contributed by atoms with Gasteiger partial charge in [-0.3, -0.25) is 4.79 Å². The monoisotopic (exact) mass is 315 g/mol. The lowest BCUT2D eigenvalue weighted by atomic mass is 9.96. The first-order chi connectivity index (χ1) is 10.4. The van der Waals surface area contributed by atoms with Crippen molar-refractivity contribution in [1.82, 2.24) is 15.5 Å². The number of urea groups is 1. The Morgan fingerprint density at radius 2 is 2.09 bits per heavy atom. The Hall–Kier alpha value is -2.25. The fourth-order valence-corrected chi connectivity index (χ4v) is 2.44. The van der Waals surface area contributed by atoms with Crippen LogP contribution in [0.4, 0.5) is 18.0 Å². The number of amides is 3. The van der Waals surface area contributed by atoms with Gasteiger partial charge in [0.15, 0.2) is 0 Å². The Labute approximate surface area is 125 Å². The van der Waals surface area contributed by atoms with Crippen LogP contribution in [0.1, 0.15) is 24.1 Å². The van der Waals surface area contributed by atoms with Gasteiger partial charge in [-0.2, -0.15) is 13.2 Å². The highest BCUT2D eigenvalue weighted by molar-refractivity contribution is 5.89. The van der Waals surface area contributed by atoms with Crippen molar-refractivity contribution in [3.05, 3.63) is 35.4 Å². The summed E-state index contributed by atoms with van der Waals surface area (Å²) >= 11 is 0. The van der Waals surface area contributed by atoms with Crippen LogP contribution in [0.2, 0.25) is 0 Å². The van der Waals surface area contributed by atoms with Gasteiger partial charge in [-0.05, 0) is 18.6 Å². The van der Waals surface area contributed by atoms with Crippen molar-refractivity contribution in [2.45, 2.75) is 19.1 Å². The van der Waals surface area contributed by atoms with Crippen LogP contribution < -0.4 is 10.6 Å². The Kier molecular flexibility index (Phi) is 4.58. The molecule has 1 saturated heterocycles. The SMILES string of the molecule is CCNC(=O)N1CCNC(=O)[C@@H]1c1ccccc1C(F)(F)F. The molecule has 3 amide bonds. The maximum Gasteiger partial charge on any atom is 0.416 e. The molecule has 0 radical (unpaired) electrons. The van der Waals surface area contributed by atoms with Gasteiger partial charge < -0.3 is 15.5 Å². The normalized spacial score (nSPS) is 18.8. The zero-order valence-corrected chi connectivity index (χ0v) is 11.9. The van der Waals surface area contributed by atoms with E-state index in [1.807, 2.05) is 0 Å². The molecule has 0 aliphatic carbocycles. The predicted octanol–water partition coefficient (Wildman–Crippen LogP) is 1.91. The molecule has 5 nitrogen and oxygen atoms in total. The largest absolute Gasteiger partial charge is 0.416 e. The van der Waals surface area contributed by atoms with E-state index in [0.717, 1.165) is 11.0 Å². The van der Waals surface area contributed by atoms with Crippen molar-refractivity contribution in [2.75, 3.05) is 19.6 Å². The molecular weight excluding hydrogens is 299 g/mol. The second-order valence-electron chi connectivity index (χ2n) is 4.81. The molecule has 1 atom stereocenters. The van der Waals surface area contributed by atoms with Crippen LogP contribution in [0.15, 0.2) is 24.3 Å². The van der Waals surface area contributed by atoms with Gasteiger partial charge in [0.1, 0.15) is 6.04 Å². The molecule has 0 spiro atoms. The number of benzene rings is 1. The zero-order chi connectivity index (χ0) is 16.3. The molecule has 8 heteroatoms. The number of rotatable bonds is 2. The molecule has 2 rings (SSSR count). The van der Waals surface area contributed by atoms with E-state index in [0.29, 0.717) is 6.54 Å². The van der Waals surface area contributed by atoms with E-state index in [2.05, 4.69) is 10.6 Å². The number of alkyl halides is 3. The minimum absolute atomic E-state index is 0.147. The molecule has 0 unspecified atom stereocenters. The first-order valence-electron chi connectivity index (χ1n) is 6.84. The summed E-state index contributed by atoms with van der Waals surface area (Å²) in [6, 6.07) is 2.96. The van der Waals surface area contributed by atoms with Gasteiger partial charge in [-0.15, -0.1) is 0 Å². The molecule has 1 aromatic rings. The summed E-state index contributed by atoms with van der Waals surface area (Å²) in [5.74, 6) is -0.616. The average Bonchev–Trinajstić information content (AvgIpc) is 2.46. The van der Waals surface area contributed by atoms with Crippen LogP contribution >= 0.6 is 0 Å². The highest BCUT2D eigenvalue weighted by Gasteiger charge is 2.41. The second kappa shape index (κ2) is 6.25. The molecule has 0 aromatic heterocycles. The van der Waals surface area contributed by atoms with Crippen LogP contribution in [0.5, 0.6) is 0 Å². The molecular formula is C14H16F3N3O2. The summed E-state index contributed by atoms with van der Waals surface area (Å²) in [5.41, 5.74) is -1.13. The van der Waals surface area contributed by atoms with Crippen LogP contribution in [-0.2, 0) is 11.0 Å². The lowest BCUT2D eigenvalue weighted by Gasteiger charge is -2.36. The standard InChI is InChI=1S/C14H16F3N3O2/c1-2-18-13(22)20-8-7-19-12(21)11(20)9-5-3-4-6-10(9)14(15,16)17/h3-6,11H,2,7-8H2,1H3,(H,18,22)(H,19,21)/t11-/m0/s1. The van der Waals surface area contributed by atoms with Crippen LogP contribution in [0.3, 0.4) is 0 Å². The first-order valence-corrected chi connectivity index (χ1v) is 6.84. The third kappa shape index (κ3) is 3.15. The summed E-state index contributed by atoms with van der Waals surface area (Å²) in [7, 11) is 0. The number of hydrogen-bond acceptors (Lipinski definition) is 2. The number of carbonyl (C=O) groups excluding carboxylic acids is 2. The molecule has 22 heavy (non-hydrogen) atoms. The number of hydrogen-bond donors (Lipinski definition) is 2.